The maximum Gasteiger partial charge on any atom is 0.170 e. The maximum atomic E-state index is 12.3. The lowest BCUT2D eigenvalue weighted by atomic mass is 9.83. The molecular formula is C15H19NO3. The summed E-state index contributed by atoms with van der Waals surface area (Å²) in [5.74, 6) is 1.63. The number of hydrogen-bond acceptors (Lipinski definition) is 4. The van der Waals surface area contributed by atoms with Gasteiger partial charge in [-0.25, -0.2) is 0 Å². The van der Waals surface area contributed by atoms with Crippen LogP contribution < -0.4 is 14.8 Å². The monoisotopic (exact) mass is 261 g/mol. The van der Waals surface area contributed by atoms with Crippen molar-refractivity contribution in [3.05, 3.63) is 23.8 Å². The molecule has 0 aliphatic carbocycles. The van der Waals surface area contributed by atoms with E-state index in [0.717, 1.165) is 31.7 Å². The van der Waals surface area contributed by atoms with Crippen LogP contribution in [0.1, 0.15) is 36.5 Å². The van der Waals surface area contributed by atoms with Gasteiger partial charge in [0.05, 0.1) is 18.6 Å². The fourth-order valence-electron chi connectivity index (χ4n) is 2.89. The molecule has 2 heterocycles. The highest BCUT2D eigenvalue weighted by atomic mass is 16.5. The number of ketones is 1. The van der Waals surface area contributed by atoms with E-state index >= 15 is 0 Å². The van der Waals surface area contributed by atoms with Crippen LogP contribution in [0.25, 0.3) is 0 Å². The summed E-state index contributed by atoms with van der Waals surface area (Å²) in [6, 6.07) is 5.50. The summed E-state index contributed by atoms with van der Waals surface area (Å²) in [7, 11) is 0. The van der Waals surface area contributed by atoms with Gasteiger partial charge in [-0.1, -0.05) is 0 Å². The predicted octanol–water partition coefficient (Wildman–Crippen LogP) is 2.17. The van der Waals surface area contributed by atoms with Crippen LogP contribution in [0.5, 0.6) is 11.5 Å². The molecular weight excluding hydrogens is 242 g/mol. The van der Waals surface area contributed by atoms with Crippen molar-refractivity contribution in [1.29, 1.82) is 0 Å². The highest BCUT2D eigenvalue weighted by Crippen LogP contribution is 2.39. The molecule has 0 radical (unpaired) electrons. The third-order valence-corrected chi connectivity index (χ3v) is 3.89. The molecule has 2 aliphatic heterocycles. The first-order valence-corrected chi connectivity index (χ1v) is 6.92. The molecule has 0 unspecified atom stereocenters. The number of benzene rings is 1. The van der Waals surface area contributed by atoms with Crippen LogP contribution >= 0.6 is 0 Å². The number of carbonyl (C=O) groups is 1. The number of ether oxygens (including phenoxy) is 2. The van der Waals surface area contributed by atoms with Crippen LogP contribution in [-0.2, 0) is 0 Å². The molecule has 19 heavy (non-hydrogen) atoms. The van der Waals surface area contributed by atoms with Crippen molar-refractivity contribution in [2.45, 2.75) is 31.8 Å². The Morgan fingerprint density at radius 3 is 2.89 bits per heavy atom. The van der Waals surface area contributed by atoms with Crippen molar-refractivity contribution in [1.82, 2.24) is 5.32 Å². The zero-order valence-corrected chi connectivity index (χ0v) is 11.2. The Morgan fingerprint density at radius 2 is 2.16 bits per heavy atom. The SMILES string of the molecule is CCOc1ccc2c(c1)OC1(CCNCC1)CC2=O. The van der Waals surface area contributed by atoms with Crippen LogP contribution in [0.2, 0.25) is 0 Å². The Hall–Kier alpha value is -1.55. The summed E-state index contributed by atoms with van der Waals surface area (Å²) in [6.45, 7) is 4.38. The van der Waals surface area contributed by atoms with Crippen LogP contribution in [0, 0.1) is 0 Å². The Morgan fingerprint density at radius 1 is 1.37 bits per heavy atom. The summed E-state index contributed by atoms with van der Waals surface area (Å²) >= 11 is 0. The molecule has 0 bridgehead atoms. The Bertz CT molecular complexity index is 492. The van der Waals surface area contributed by atoms with Crippen molar-refractivity contribution in [3.8, 4) is 11.5 Å². The van der Waals surface area contributed by atoms with Gasteiger partial charge in [0.1, 0.15) is 17.1 Å². The van der Waals surface area contributed by atoms with Crippen LogP contribution in [-0.4, -0.2) is 31.1 Å². The lowest BCUT2D eigenvalue weighted by Crippen LogP contribution is -2.49. The van der Waals surface area contributed by atoms with E-state index in [1.807, 2.05) is 25.1 Å². The van der Waals surface area contributed by atoms with Crippen LogP contribution in [0.4, 0.5) is 0 Å². The number of piperidine rings is 1. The summed E-state index contributed by atoms with van der Waals surface area (Å²) in [5.41, 5.74) is 0.382. The molecule has 1 saturated heterocycles. The van der Waals surface area contributed by atoms with Gasteiger partial charge in [0, 0.05) is 18.9 Å². The van der Waals surface area contributed by atoms with E-state index in [0.29, 0.717) is 24.3 Å². The van der Waals surface area contributed by atoms with Crippen molar-refractivity contribution < 1.29 is 14.3 Å². The van der Waals surface area contributed by atoms with Crippen LogP contribution in [0.3, 0.4) is 0 Å². The number of carbonyl (C=O) groups excluding carboxylic acids is 1. The molecule has 4 heteroatoms. The lowest BCUT2D eigenvalue weighted by molar-refractivity contribution is 0.0186. The van der Waals surface area contributed by atoms with E-state index in [1.54, 1.807) is 0 Å². The van der Waals surface area contributed by atoms with E-state index in [1.165, 1.54) is 0 Å². The smallest absolute Gasteiger partial charge is 0.170 e. The number of rotatable bonds is 2. The van der Waals surface area contributed by atoms with Gasteiger partial charge in [-0.15, -0.1) is 0 Å². The molecule has 102 valence electrons. The zero-order valence-electron chi connectivity index (χ0n) is 11.2. The summed E-state index contributed by atoms with van der Waals surface area (Å²) in [6.07, 6.45) is 2.27. The predicted molar refractivity (Wildman–Crippen MR) is 72.0 cm³/mol. The van der Waals surface area contributed by atoms with E-state index in [9.17, 15) is 4.79 Å². The topological polar surface area (TPSA) is 47.6 Å². The Labute approximate surface area is 113 Å². The van der Waals surface area contributed by atoms with Crippen molar-refractivity contribution in [2.24, 2.45) is 0 Å². The van der Waals surface area contributed by atoms with E-state index in [-0.39, 0.29) is 11.4 Å². The number of fused-ring (bicyclic) bond motifs is 1. The fraction of sp³-hybridized carbons (Fsp3) is 0.533. The molecule has 0 atom stereocenters. The third kappa shape index (κ3) is 2.32. The molecule has 3 rings (SSSR count). The van der Waals surface area contributed by atoms with E-state index < -0.39 is 0 Å². The number of hydrogen-bond donors (Lipinski definition) is 1. The summed E-state index contributed by atoms with van der Waals surface area (Å²) < 4.78 is 11.7. The second-order valence-electron chi connectivity index (χ2n) is 5.23. The molecule has 4 nitrogen and oxygen atoms in total. The first-order valence-electron chi connectivity index (χ1n) is 6.92. The van der Waals surface area contributed by atoms with Gasteiger partial charge in [0.2, 0.25) is 0 Å². The van der Waals surface area contributed by atoms with Crippen molar-refractivity contribution in [2.75, 3.05) is 19.7 Å². The van der Waals surface area contributed by atoms with Gasteiger partial charge in [-0.3, -0.25) is 4.79 Å². The Balaban J connectivity index is 1.92. The molecule has 1 spiro atoms. The zero-order chi connectivity index (χ0) is 13.3. The first kappa shape index (κ1) is 12.5. The minimum Gasteiger partial charge on any atom is -0.494 e. The molecule has 2 aliphatic rings. The first-order chi connectivity index (χ1) is 9.22. The van der Waals surface area contributed by atoms with Gasteiger partial charge in [0.15, 0.2) is 5.78 Å². The highest BCUT2D eigenvalue weighted by Gasteiger charge is 2.41. The molecule has 0 amide bonds. The lowest BCUT2D eigenvalue weighted by Gasteiger charge is -2.40. The van der Waals surface area contributed by atoms with Gasteiger partial charge in [0.25, 0.3) is 0 Å². The van der Waals surface area contributed by atoms with E-state index in [4.69, 9.17) is 9.47 Å². The molecule has 1 aromatic carbocycles. The Kier molecular flexibility index (Phi) is 3.19. The third-order valence-electron chi connectivity index (χ3n) is 3.89. The minimum atomic E-state index is -0.305. The molecule has 1 N–H and O–H groups in total. The average Bonchev–Trinajstić information content (AvgIpc) is 2.39. The number of nitrogens with one attached hydrogen (secondary N) is 1. The minimum absolute atomic E-state index is 0.186. The van der Waals surface area contributed by atoms with Crippen molar-refractivity contribution in [3.63, 3.8) is 0 Å². The molecule has 1 fully saturated rings. The van der Waals surface area contributed by atoms with Crippen molar-refractivity contribution >= 4 is 5.78 Å². The van der Waals surface area contributed by atoms with Crippen LogP contribution in [0.15, 0.2) is 18.2 Å². The fourth-order valence-corrected chi connectivity index (χ4v) is 2.89. The largest absolute Gasteiger partial charge is 0.494 e. The average molecular weight is 261 g/mol. The highest BCUT2D eigenvalue weighted by molar-refractivity contribution is 6.00. The normalized spacial score (nSPS) is 20.8. The molecule has 0 saturated carbocycles. The van der Waals surface area contributed by atoms with Gasteiger partial charge in [-0.05, 0) is 32.1 Å². The summed E-state index contributed by atoms with van der Waals surface area (Å²) in [4.78, 5) is 12.3. The molecule has 0 aromatic heterocycles. The number of Topliss-reactive ketones (excluding diaryl/α,β-unsaturated/α-hetero) is 1. The van der Waals surface area contributed by atoms with Gasteiger partial charge in [-0.2, -0.15) is 0 Å². The van der Waals surface area contributed by atoms with Gasteiger partial charge < -0.3 is 14.8 Å². The van der Waals surface area contributed by atoms with E-state index in [2.05, 4.69) is 5.32 Å². The second-order valence-corrected chi connectivity index (χ2v) is 5.23. The molecule has 1 aromatic rings. The summed E-state index contributed by atoms with van der Waals surface area (Å²) in [5, 5.41) is 3.31. The maximum absolute atomic E-state index is 12.3. The van der Waals surface area contributed by atoms with Gasteiger partial charge >= 0.3 is 0 Å². The second kappa shape index (κ2) is 4.85. The standard InChI is InChI=1S/C15H19NO3/c1-2-18-11-3-4-12-13(17)10-15(19-14(12)9-11)5-7-16-8-6-15/h3-4,9,16H,2,5-8,10H2,1H3. The quantitative estimate of drug-likeness (QED) is 0.886.